The third kappa shape index (κ3) is 2.61. The highest BCUT2D eigenvalue weighted by molar-refractivity contribution is 5.97. The molecule has 1 saturated heterocycles. The van der Waals surface area contributed by atoms with E-state index in [0.717, 1.165) is 18.7 Å². The summed E-state index contributed by atoms with van der Waals surface area (Å²) in [6.07, 6.45) is 8.88. The molecule has 1 aliphatic carbocycles. The number of nitrogens with one attached hydrogen (secondary N) is 1. The number of rotatable bonds is 0. The van der Waals surface area contributed by atoms with E-state index < -0.39 is 0 Å². The van der Waals surface area contributed by atoms with Gasteiger partial charge in [0.1, 0.15) is 5.82 Å². The highest BCUT2D eigenvalue weighted by Crippen LogP contribution is 2.32. The van der Waals surface area contributed by atoms with E-state index in [1.165, 1.54) is 0 Å². The number of allylic oxidation sites excluding steroid dienone is 1. The first-order chi connectivity index (χ1) is 8.18. The first-order valence-corrected chi connectivity index (χ1v) is 5.56. The summed E-state index contributed by atoms with van der Waals surface area (Å²) in [5.74, 6) is -0.223. The number of aromatic amines is 1. The van der Waals surface area contributed by atoms with E-state index in [2.05, 4.69) is 14.7 Å². The van der Waals surface area contributed by atoms with Crippen molar-refractivity contribution < 1.29 is 14.3 Å². The molecular weight excluding hydrogens is 220 g/mol. The fraction of sp³-hybridized carbons (Fsp3) is 0.417. The summed E-state index contributed by atoms with van der Waals surface area (Å²) in [5.41, 5.74) is 0. The molecule has 2 unspecified atom stereocenters. The van der Waals surface area contributed by atoms with Gasteiger partial charge in [0.05, 0.1) is 11.8 Å². The molecule has 1 aromatic rings. The molecule has 0 radical (unpaired) electrons. The Hall–Kier alpha value is -1.91. The fourth-order valence-electron chi connectivity index (χ4n) is 1.93. The zero-order chi connectivity index (χ0) is 12.3. The van der Waals surface area contributed by atoms with Crippen molar-refractivity contribution in [2.45, 2.75) is 19.8 Å². The first-order valence-electron chi connectivity index (χ1n) is 5.56. The molecule has 2 aliphatic rings. The molecule has 0 saturated carbocycles. The van der Waals surface area contributed by atoms with Crippen molar-refractivity contribution in [3.8, 4) is 0 Å². The normalized spacial score (nSPS) is 25.9. The summed E-state index contributed by atoms with van der Waals surface area (Å²) in [5, 5.41) is 0. The van der Waals surface area contributed by atoms with Crippen LogP contribution in [0.3, 0.4) is 0 Å². The predicted molar refractivity (Wildman–Crippen MR) is 59.8 cm³/mol. The van der Waals surface area contributed by atoms with Crippen molar-refractivity contribution in [1.29, 1.82) is 0 Å². The van der Waals surface area contributed by atoms with Gasteiger partial charge < -0.3 is 9.72 Å². The van der Waals surface area contributed by atoms with Gasteiger partial charge in [-0.15, -0.1) is 0 Å². The molecular formula is C12H14N2O3. The van der Waals surface area contributed by atoms with Gasteiger partial charge in [-0.05, 0) is 19.8 Å². The second-order valence-electron chi connectivity index (χ2n) is 4.05. The van der Waals surface area contributed by atoms with Crippen LogP contribution in [-0.4, -0.2) is 21.9 Å². The van der Waals surface area contributed by atoms with E-state index in [0.29, 0.717) is 0 Å². The summed E-state index contributed by atoms with van der Waals surface area (Å²) in [4.78, 5) is 28.6. The Morgan fingerprint density at radius 3 is 2.76 bits per heavy atom. The van der Waals surface area contributed by atoms with E-state index in [1.54, 1.807) is 18.5 Å². The summed E-state index contributed by atoms with van der Waals surface area (Å²) in [6, 6.07) is 0. The van der Waals surface area contributed by atoms with Crippen LogP contribution in [0.15, 0.2) is 24.5 Å². The molecule has 2 atom stereocenters. The Balaban J connectivity index is 0.000000153. The van der Waals surface area contributed by atoms with Crippen molar-refractivity contribution in [2.24, 2.45) is 11.8 Å². The molecule has 1 aromatic heterocycles. The molecule has 0 bridgehead atoms. The van der Waals surface area contributed by atoms with Crippen molar-refractivity contribution in [1.82, 2.24) is 9.97 Å². The van der Waals surface area contributed by atoms with Crippen molar-refractivity contribution in [3.05, 3.63) is 30.4 Å². The molecule has 3 rings (SSSR count). The van der Waals surface area contributed by atoms with E-state index >= 15 is 0 Å². The molecule has 5 heteroatoms. The molecule has 1 N–H and O–H groups in total. The minimum atomic E-state index is -0.379. The number of ether oxygens (including phenoxy) is 1. The van der Waals surface area contributed by atoms with E-state index in [1.807, 2.05) is 13.0 Å². The Morgan fingerprint density at radius 1 is 1.41 bits per heavy atom. The molecule has 1 aliphatic heterocycles. The largest absolute Gasteiger partial charge is 0.392 e. The highest BCUT2D eigenvalue weighted by Gasteiger charge is 2.43. The molecule has 2 heterocycles. The molecule has 90 valence electrons. The SMILES string of the molecule is Cc1ncc[nH]1.O=C1OC(=O)C2CCC=CC12. The average molecular weight is 234 g/mol. The van der Waals surface area contributed by atoms with Gasteiger partial charge in [0, 0.05) is 12.4 Å². The van der Waals surface area contributed by atoms with Gasteiger partial charge in [-0.25, -0.2) is 4.98 Å². The number of hydrogen-bond donors (Lipinski definition) is 1. The molecule has 5 nitrogen and oxygen atoms in total. The molecule has 1 fully saturated rings. The van der Waals surface area contributed by atoms with Gasteiger partial charge in [0.15, 0.2) is 0 Å². The van der Waals surface area contributed by atoms with Crippen LogP contribution in [0.2, 0.25) is 0 Å². The number of cyclic esters (lactones) is 2. The Labute approximate surface area is 98.9 Å². The second kappa shape index (κ2) is 4.95. The van der Waals surface area contributed by atoms with Crippen LogP contribution in [0.1, 0.15) is 18.7 Å². The maximum atomic E-state index is 10.9. The van der Waals surface area contributed by atoms with Gasteiger partial charge >= 0.3 is 11.9 Å². The van der Waals surface area contributed by atoms with Crippen LogP contribution in [0.5, 0.6) is 0 Å². The summed E-state index contributed by atoms with van der Waals surface area (Å²) in [6.45, 7) is 1.92. The average Bonchev–Trinajstić information content (AvgIpc) is 2.90. The smallest absolute Gasteiger partial charge is 0.321 e. The van der Waals surface area contributed by atoms with Crippen LogP contribution in [0, 0.1) is 18.8 Å². The second-order valence-corrected chi connectivity index (χ2v) is 4.05. The van der Waals surface area contributed by atoms with Crippen molar-refractivity contribution >= 4 is 11.9 Å². The van der Waals surface area contributed by atoms with Gasteiger partial charge in [-0.2, -0.15) is 0 Å². The van der Waals surface area contributed by atoms with Gasteiger partial charge in [-0.1, -0.05) is 12.2 Å². The number of imidazole rings is 1. The number of esters is 2. The lowest BCUT2D eigenvalue weighted by molar-refractivity contribution is -0.153. The van der Waals surface area contributed by atoms with Crippen molar-refractivity contribution in [3.63, 3.8) is 0 Å². The number of fused-ring (bicyclic) bond motifs is 1. The number of carbonyl (C=O) groups is 2. The Kier molecular flexibility index (Phi) is 3.37. The van der Waals surface area contributed by atoms with Crippen LogP contribution < -0.4 is 0 Å². The lowest BCUT2D eigenvalue weighted by Gasteiger charge is -2.12. The minimum absolute atomic E-state index is 0.188. The summed E-state index contributed by atoms with van der Waals surface area (Å²) < 4.78 is 4.48. The fourth-order valence-corrected chi connectivity index (χ4v) is 1.93. The lowest BCUT2D eigenvalue weighted by atomic mass is 9.86. The van der Waals surface area contributed by atoms with E-state index in [-0.39, 0.29) is 23.8 Å². The number of aromatic nitrogens is 2. The maximum absolute atomic E-state index is 10.9. The van der Waals surface area contributed by atoms with Crippen LogP contribution in [0.25, 0.3) is 0 Å². The third-order valence-corrected chi connectivity index (χ3v) is 2.83. The molecule has 0 amide bonds. The number of aryl methyl sites for hydroxylation is 1. The van der Waals surface area contributed by atoms with Crippen molar-refractivity contribution in [2.75, 3.05) is 0 Å². The molecule has 0 spiro atoms. The first kappa shape index (κ1) is 11.6. The number of carbonyl (C=O) groups excluding carboxylic acids is 2. The quantitative estimate of drug-likeness (QED) is 0.418. The van der Waals surface area contributed by atoms with Gasteiger partial charge in [0.25, 0.3) is 0 Å². The summed E-state index contributed by atoms with van der Waals surface area (Å²) in [7, 11) is 0. The Morgan fingerprint density at radius 2 is 2.24 bits per heavy atom. The Bertz CT molecular complexity index is 437. The van der Waals surface area contributed by atoms with E-state index in [4.69, 9.17) is 0 Å². The molecule has 17 heavy (non-hydrogen) atoms. The van der Waals surface area contributed by atoms with Crippen LogP contribution in [-0.2, 0) is 14.3 Å². The predicted octanol–water partition coefficient (Wildman–Crippen LogP) is 1.37. The number of H-pyrrole nitrogens is 1. The van der Waals surface area contributed by atoms with Crippen LogP contribution in [0.4, 0.5) is 0 Å². The third-order valence-electron chi connectivity index (χ3n) is 2.83. The summed E-state index contributed by atoms with van der Waals surface area (Å²) >= 11 is 0. The van der Waals surface area contributed by atoms with Gasteiger partial charge in [-0.3, -0.25) is 9.59 Å². The zero-order valence-electron chi connectivity index (χ0n) is 9.55. The maximum Gasteiger partial charge on any atom is 0.321 e. The lowest BCUT2D eigenvalue weighted by Crippen LogP contribution is -2.17. The number of hydrogen-bond acceptors (Lipinski definition) is 4. The minimum Gasteiger partial charge on any atom is -0.392 e. The van der Waals surface area contributed by atoms with Gasteiger partial charge in [0.2, 0.25) is 0 Å². The standard InChI is InChI=1S/C8H8O3.C4H6N2/c9-7-5-3-1-2-4-6(5)8(10)11-7;1-4-5-2-3-6-4/h1,3,5-6H,2,4H2;2-3H,1H3,(H,5,6). The molecule has 0 aromatic carbocycles. The topological polar surface area (TPSA) is 72.1 Å². The number of nitrogens with zero attached hydrogens (tertiary/aromatic N) is 1. The van der Waals surface area contributed by atoms with Crippen LogP contribution >= 0.6 is 0 Å². The van der Waals surface area contributed by atoms with E-state index in [9.17, 15) is 9.59 Å². The highest BCUT2D eigenvalue weighted by atomic mass is 16.6. The monoisotopic (exact) mass is 234 g/mol. The zero-order valence-corrected chi connectivity index (χ0v) is 9.55.